The number of carbonyl (C=O) groups excluding carboxylic acids is 1. The van der Waals surface area contributed by atoms with Crippen LogP contribution in [-0.2, 0) is 11.2 Å². The normalized spacial score (nSPS) is 13.6. The molecule has 0 spiro atoms. The number of nitrogens with zero attached hydrogens (tertiary/aromatic N) is 2. The topological polar surface area (TPSA) is 41.9 Å². The minimum Gasteiger partial charge on any atom is -0.497 e. The van der Waals surface area contributed by atoms with Crippen molar-refractivity contribution >= 4 is 11.5 Å². The summed E-state index contributed by atoms with van der Waals surface area (Å²) in [4.78, 5) is 20.8. The number of hydrogen-bond donors (Lipinski definition) is 0. The average molecular weight is 615 g/mol. The van der Waals surface area contributed by atoms with E-state index in [0.29, 0.717) is 12.2 Å². The van der Waals surface area contributed by atoms with E-state index in [2.05, 4.69) is 70.5 Å². The maximum absolute atomic E-state index is 13.5. The lowest BCUT2D eigenvalue weighted by Crippen LogP contribution is -2.25. The van der Waals surface area contributed by atoms with Gasteiger partial charge < -0.3 is 9.64 Å². The number of benzene rings is 1. The van der Waals surface area contributed by atoms with E-state index in [0.717, 1.165) is 99.3 Å². The lowest BCUT2D eigenvalue weighted by atomic mass is 9.88. The second-order valence-corrected chi connectivity index (χ2v) is 11.7. The first-order valence-corrected chi connectivity index (χ1v) is 16.8. The molecule has 0 amide bonds. The molecule has 0 aliphatic heterocycles. The molecule has 0 N–H and O–H groups in total. The minimum absolute atomic E-state index is 0. The molecule has 1 aromatic rings. The predicted octanol–water partition coefficient (Wildman–Crippen LogP) is 11.2. The third-order valence-corrected chi connectivity index (χ3v) is 8.03. The summed E-state index contributed by atoms with van der Waals surface area (Å²) in [6.45, 7) is 24.7. The van der Waals surface area contributed by atoms with Crippen molar-refractivity contribution in [1.82, 2.24) is 4.90 Å². The fraction of sp³-hybridized carbons (Fsp3) is 0.463. The van der Waals surface area contributed by atoms with Gasteiger partial charge in [-0.1, -0.05) is 94.5 Å². The number of ketones is 1. The van der Waals surface area contributed by atoms with Gasteiger partial charge in [0.15, 0.2) is 0 Å². The van der Waals surface area contributed by atoms with Crippen LogP contribution in [0.15, 0.2) is 114 Å². The fourth-order valence-electron chi connectivity index (χ4n) is 5.32. The van der Waals surface area contributed by atoms with Crippen LogP contribution in [0.25, 0.3) is 0 Å². The number of aryl methyl sites for hydroxylation is 1. The lowest BCUT2D eigenvalue weighted by molar-refractivity contribution is -0.123. The maximum atomic E-state index is 13.5. The first kappa shape index (κ1) is 39.4. The van der Waals surface area contributed by atoms with Crippen molar-refractivity contribution in [1.29, 1.82) is 0 Å². The fourth-order valence-corrected chi connectivity index (χ4v) is 5.32. The molecule has 1 aromatic carbocycles. The van der Waals surface area contributed by atoms with Crippen molar-refractivity contribution in [2.45, 2.75) is 98.8 Å². The number of ether oxygens (including phenoxy) is 1. The molecule has 1 unspecified atom stereocenters. The van der Waals surface area contributed by atoms with Crippen LogP contribution in [0.1, 0.15) is 99.4 Å². The van der Waals surface area contributed by atoms with Gasteiger partial charge in [-0.2, -0.15) is 0 Å². The number of hydrogen-bond acceptors (Lipinski definition) is 4. The number of unbranched alkanes of at least 4 members (excludes halogenated alkanes) is 1. The smallest absolute Gasteiger partial charge is 0.136 e. The van der Waals surface area contributed by atoms with Crippen LogP contribution in [0.3, 0.4) is 0 Å². The largest absolute Gasteiger partial charge is 0.497 e. The Morgan fingerprint density at radius 3 is 2.33 bits per heavy atom. The molecule has 0 bridgehead atoms. The van der Waals surface area contributed by atoms with Crippen molar-refractivity contribution < 1.29 is 11.0 Å². The Labute approximate surface area is 277 Å². The molecule has 0 aliphatic rings. The number of aliphatic imine (C=N–C) groups is 1. The molecular formula is C41H62N2O2. The summed E-state index contributed by atoms with van der Waals surface area (Å²) < 4.78 is 5.28. The Morgan fingerprint density at radius 1 is 1.00 bits per heavy atom. The predicted molar refractivity (Wildman–Crippen MR) is 199 cm³/mol. The zero-order valence-corrected chi connectivity index (χ0v) is 29.2. The van der Waals surface area contributed by atoms with E-state index in [-0.39, 0.29) is 7.34 Å². The van der Waals surface area contributed by atoms with Crippen LogP contribution in [0.4, 0.5) is 0 Å². The summed E-state index contributed by atoms with van der Waals surface area (Å²) in [6.07, 6.45) is 22.8. The van der Waals surface area contributed by atoms with E-state index in [1.54, 1.807) is 13.2 Å². The van der Waals surface area contributed by atoms with Crippen molar-refractivity contribution in [2.75, 3.05) is 20.2 Å². The average Bonchev–Trinajstić information content (AvgIpc) is 3.04. The zero-order chi connectivity index (χ0) is 33.5. The molecule has 0 heterocycles. The summed E-state index contributed by atoms with van der Waals surface area (Å²) in [5.74, 6) is 1.33. The highest BCUT2D eigenvalue weighted by Crippen LogP contribution is 2.26. The van der Waals surface area contributed by atoms with Crippen LogP contribution >= 0.6 is 0 Å². The summed E-state index contributed by atoms with van der Waals surface area (Å²) in [6, 6.07) is 8.19. The van der Waals surface area contributed by atoms with Crippen molar-refractivity contribution in [3.63, 3.8) is 0 Å². The summed E-state index contributed by atoms with van der Waals surface area (Å²) >= 11 is 0. The standard InChI is InChI=1S/C41H60N2O2.H2/c1-10-15-17-20-35(8)43(31-13-4)32-18-22-41(44)37(21-16-11-2)28-23-33(6)39(14-5)40(19-12-3)42-34(7)24-25-36-26-29-38(45-9)30-27-36;/h10,12,14-15,17,19-20,26-27,29-30,37H,3,5,8,11,13,16,18,21-25,28,31-32H2,1-2,4,6-7,9H3;1H/b15-10-,20-17-,39-33+,40-19+,42-34?;. The second-order valence-electron chi connectivity index (χ2n) is 11.7. The number of methoxy groups -OCH3 is 1. The van der Waals surface area contributed by atoms with Gasteiger partial charge in [0.1, 0.15) is 11.5 Å². The Bertz CT molecular complexity index is 1220. The quantitative estimate of drug-likeness (QED) is 0.0859. The van der Waals surface area contributed by atoms with Crippen molar-refractivity contribution in [2.24, 2.45) is 10.9 Å². The van der Waals surface area contributed by atoms with Gasteiger partial charge in [0.05, 0.1) is 12.8 Å². The van der Waals surface area contributed by atoms with Gasteiger partial charge in [0.25, 0.3) is 0 Å². The third-order valence-electron chi connectivity index (χ3n) is 8.03. The van der Waals surface area contributed by atoms with E-state index in [1.807, 2.05) is 49.4 Å². The van der Waals surface area contributed by atoms with Crippen molar-refractivity contribution in [3.8, 4) is 5.75 Å². The Kier molecular flexibility index (Phi) is 20.7. The second kappa shape index (κ2) is 23.7. The van der Waals surface area contributed by atoms with Crippen LogP contribution in [0, 0.1) is 5.92 Å². The van der Waals surface area contributed by atoms with E-state index in [4.69, 9.17) is 9.73 Å². The van der Waals surface area contributed by atoms with Gasteiger partial charge >= 0.3 is 0 Å². The highest BCUT2D eigenvalue weighted by atomic mass is 16.5. The van der Waals surface area contributed by atoms with E-state index in [9.17, 15) is 4.79 Å². The molecule has 0 aliphatic carbocycles. The van der Waals surface area contributed by atoms with Gasteiger partial charge in [-0.15, -0.1) is 0 Å². The summed E-state index contributed by atoms with van der Waals surface area (Å²) in [5.41, 5.74) is 6.42. The molecule has 1 atom stereocenters. The number of rotatable bonds is 24. The monoisotopic (exact) mass is 614 g/mol. The van der Waals surface area contributed by atoms with Crippen LogP contribution < -0.4 is 4.74 Å². The van der Waals surface area contributed by atoms with Gasteiger partial charge in [-0.3, -0.25) is 9.79 Å². The van der Waals surface area contributed by atoms with E-state index >= 15 is 0 Å². The summed E-state index contributed by atoms with van der Waals surface area (Å²) in [5, 5.41) is 0. The van der Waals surface area contributed by atoms with E-state index < -0.39 is 0 Å². The van der Waals surface area contributed by atoms with Gasteiger partial charge in [-0.25, -0.2) is 0 Å². The number of allylic oxidation sites excluding steroid dienone is 8. The zero-order valence-electron chi connectivity index (χ0n) is 29.2. The lowest BCUT2D eigenvalue weighted by Gasteiger charge is -2.25. The first-order valence-electron chi connectivity index (χ1n) is 16.8. The van der Waals surface area contributed by atoms with Gasteiger partial charge in [-0.05, 0) is 101 Å². The first-order chi connectivity index (χ1) is 21.7. The van der Waals surface area contributed by atoms with Crippen LogP contribution in [-0.4, -0.2) is 36.6 Å². The molecule has 4 nitrogen and oxygen atoms in total. The molecule has 0 saturated carbocycles. The summed E-state index contributed by atoms with van der Waals surface area (Å²) in [7, 11) is 1.68. The molecule has 0 fully saturated rings. The molecular weight excluding hydrogens is 552 g/mol. The molecule has 0 saturated heterocycles. The Morgan fingerprint density at radius 2 is 1.73 bits per heavy atom. The Balaban J connectivity index is 0.0000202. The molecule has 4 heteroatoms. The van der Waals surface area contributed by atoms with Crippen LogP contribution in [0.2, 0.25) is 0 Å². The van der Waals surface area contributed by atoms with E-state index in [1.165, 1.54) is 11.1 Å². The molecule has 0 radical (unpaired) electrons. The minimum atomic E-state index is 0. The van der Waals surface area contributed by atoms with Crippen molar-refractivity contribution in [3.05, 3.63) is 115 Å². The van der Waals surface area contributed by atoms with Gasteiger partial charge in [0.2, 0.25) is 0 Å². The van der Waals surface area contributed by atoms with Crippen LogP contribution in [0.5, 0.6) is 5.75 Å². The van der Waals surface area contributed by atoms with Gasteiger partial charge in [0, 0.05) is 38.3 Å². The SMILES string of the molecule is C=C/C=C(N=C(C)CCc1ccc(OC)cc1)\C(C=C)=C(/C)CCC(CCCC)C(=O)CCCN(CCC)C(=C)/C=C\C=C/C.[HH]. The third kappa shape index (κ3) is 15.8. The highest BCUT2D eigenvalue weighted by Gasteiger charge is 2.19. The molecule has 1 rings (SSSR count). The molecule has 0 aromatic heterocycles. The number of carbonyl (C=O) groups is 1. The number of Topliss-reactive ketones (excluding diaryl/α,β-unsaturated/α-hetero) is 1. The maximum Gasteiger partial charge on any atom is 0.136 e. The Hall–Kier alpha value is -3.66. The molecule has 248 valence electrons. The molecule has 45 heavy (non-hydrogen) atoms. The highest BCUT2D eigenvalue weighted by molar-refractivity contribution is 5.84.